The maximum Gasteiger partial charge on any atom is 0.416 e. The molecule has 4 N–H and O–H groups in total. The monoisotopic (exact) mass is 527 g/mol. The van der Waals surface area contributed by atoms with Crippen molar-refractivity contribution in [1.29, 1.82) is 0 Å². The predicted octanol–water partition coefficient (Wildman–Crippen LogP) is 4.77. The van der Waals surface area contributed by atoms with E-state index in [2.05, 4.69) is 32.5 Å². The number of halogens is 3. The van der Waals surface area contributed by atoms with Crippen LogP contribution in [0.4, 0.5) is 24.7 Å². The van der Waals surface area contributed by atoms with Crippen LogP contribution in [0.3, 0.4) is 0 Å². The number of nitrogens with one attached hydrogen (secondary N) is 3. The molecule has 0 radical (unpaired) electrons. The quantitative estimate of drug-likeness (QED) is 0.297. The van der Waals surface area contributed by atoms with Gasteiger partial charge in [0, 0.05) is 24.5 Å². The largest absolute Gasteiger partial charge is 0.442 e. The van der Waals surface area contributed by atoms with E-state index >= 15 is 0 Å². The predicted molar refractivity (Wildman–Crippen MR) is 138 cm³/mol. The Morgan fingerprint density at radius 2 is 2.05 bits per heavy atom. The van der Waals surface area contributed by atoms with Gasteiger partial charge in [0.25, 0.3) is 5.91 Å². The Morgan fingerprint density at radius 1 is 1.24 bits per heavy atom. The van der Waals surface area contributed by atoms with Gasteiger partial charge in [-0.3, -0.25) is 9.78 Å². The van der Waals surface area contributed by atoms with Crippen LogP contribution in [0.5, 0.6) is 5.88 Å². The minimum absolute atomic E-state index is 0.0269. The van der Waals surface area contributed by atoms with Gasteiger partial charge in [-0.15, -0.1) is 0 Å². The molecule has 3 heterocycles. The third-order valence-corrected chi connectivity index (χ3v) is 6.03. The molecule has 1 fully saturated rings. The number of amides is 1. The molecule has 0 spiro atoms. The molecule has 8 nitrogen and oxygen atoms in total. The Hall–Kier alpha value is -3.96. The molecule has 1 aliphatic heterocycles. The van der Waals surface area contributed by atoms with Gasteiger partial charge >= 0.3 is 6.18 Å². The molecule has 1 aromatic carbocycles. The van der Waals surface area contributed by atoms with Crippen molar-refractivity contribution in [2.75, 3.05) is 30.3 Å². The lowest BCUT2D eigenvalue weighted by molar-refractivity contribution is -0.137. The molecule has 38 heavy (non-hydrogen) atoms. The van der Waals surface area contributed by atoms with Crippen molar-refractivity contribution in [2.45, 2.75) is 32.0 Å². The smallest absolute Gasteiger partial charge is 0.416 e. The summed E-state index contributed by atoms with van der Waals surface area (Å²) in [5.74, 6) is 0.561. The van der Waals surface area contributed by atoms with Gasteiger partial charge < -0.3 is 25.8 Å². The molecule has 0 unspecified atom stereocenters. The number of ether oxygens (including phenoxy) is 1. The highest BCUT2D eigenvalue weighted by atomic mass is 19.4. The summed E-state index contributed by atoms with van der Waals surface area (Å²) in [5.41, 5.74) is 1.40. The molecule has 1 amide bonds. The van der Waals surface area contributed by atoms with Crippen LogP contribution < -0.4 is 20.7 Å². The lowest BCUT2D eigenvalue weighted by atomic mass is 10.0. The van der Waals surface area contributed by atoms with Crippen LogP contribution in [0.1, 0.15) is 34.5 Å². The molecule has 4 rings (SSSR count). The van der Waals surface area contributed by atoms with Crippen LogP contribution in [0.2, 0.25) is 0 Å². The van der Waals surface area contributed by atoms with Gasteiger partial charge in [0.05, 0.1) is 18.2 Å². The van der Waals surface area contributed by atoms with Crippen molar-refractivity contribution in [3.63, 3.8) is 0 Å². The van der Waals surface area contributed by atoms with E-state index in [0.29, 0.717) is 34.8 Å². The molecular weight excluding hydrogens is 499 g/mol. The molecule has 1 atom stereocenters. The number of anilines is 2. The lowest BCUT2D eigenvalue weighted by Crippen LogP contribution is -2.26. The number of aliphatic hydroxyl groups excluding tert-OH is 1. The fraction of sp³-hybridized carbons (Fsp3) is 0.296. The number of aromatic nitrogens is 2. The molecule has 3 aromatic rings. The summed E-state index contributed by atoms with van der Waals surface area (Å²) in [7, 11) is 0. The van der Waals surface area contributed by atoms with Crippen LogP contribution in [-0.4, -0.2) is 46.7 Å². The number of pyridine rings is 2. The third kappa shape index (κ3) is 6.67. The first-order valence-corrected chi connectivity index (χ1v) is 12.1. The second-order valence-corrected chi connectivity index (χ2v) is 8.86. The fourth-order valence-electron chi connectivity index (χ4n) is 4.09. The summed E-state index contributed by atoms with van der Waals surface area (Å²) >= 11 is 0. The van der Waals surface area contributed by atoms with E-state index in [-0.39, 0.29) is 24.9 Å². The zero-order valence-electron chi connectivity index (χ0n) is 20.7. The Kier molecular flexibility index (Phi) is 8.28. The number of carbonyl (C=O) groups excluding carboxylic acids is 1. The highest BCUT2D eigenvalue weighted by Crippen LogP contribution is 2.32. The molecule has 1 aliphatic rings. The van der Waals surface area contributed by atoms with E-state index in [1.165, 1.54) is 0 Å². The third-order valence-electron chi connectivity index (χ3n) is 6.03. The Labute approximate surface area is 218 Å². The molecule has 0 aliphatic carbocycles. The van der Waals surface area contributed by atoms with E-state index in [0.717, 1.165) is 42.8 Å². The summed E-state index contributed by atoms with van der Waals surface area (Å²) < 4.78 is 45.1. The zero-order chi connectivity index (χ0) is 27.3. The van der Waals surface area contributed by atoms with Gasteiger partial charge in [-0.2, -0.15) is 18.2 Å². The zero-order valence-corrected chi connectivity index (χ0v) is 20.7. The first-order chi connectivity index (χ1) is 18.1. The molecule has 0 saturated carbocycles. The average molecular weight is 528 g/mol. The molecule has 200 valence electrons. The SMILES string of the molecule is C=C(Oc1cc(-c2cc(NC(=O)c3cc(C(F)(F)F)ccn3)ccc2C)cc(NCCO)n1)[C@H]1CCCN1. The summed E-state index contributed by atoms with van der Waals surface area (Å²) in [6.45, 7) is 6.99. The Bertz CT molecular complexity index is 1320. The summed E-state index contributed by atoms with van der Waals surface area (Å²) in [4.78, 5) is 20.9. The number of hydrogen-bond acceptors (Lipinski definition) is 7. The molecule has 0 bridgehead atoms. The van der Waals surface area contributed by atoms with E-state index < -0.39 is 17.6 Å². The highest BCUT2D eigenvalue weighted by Gasteiger charge is 2.31. The Balaban J connectivity index is 1.61. The van der Waals surface area contributed by atoms with Gasteiger partial charge in [0.15, 0.2) is 0 Å². The molecule has 11 heteroatoms. The number of benzene rings is 1. The first kappa shape index (κ1) is 27.1. The van der Waals surface area contributed by atoms with Gasteiger partial charge in [0.2, 0.25) is 5.88 Å². The summed E-state index contributed by atoms with van der Waals surface area (Å²) in [6.07, 6.45) is -1.70. The second-order valence-electron chi connectivity index (χ2n) is 8.86. The number of carbonyl (C=O) groups is 1. The van der Waals surface area contributed by atoms with Gasteiger partial charge in [0.1, 0.15) is 17.3 Å². The van der Waals surface area contributed by atoms with Gasteiger partial charge in [-0.1, -0.05) is 12.6 Å². The summed E-state index contributed by atoms with van der Waals surface area (Å²) in [5, 5.41) is 18.2. The molecular formula is C27H28F3N5O3. The number of alkyl halides is 3. The van der Waals surface area contributed by atoms with Crippen LogP contribution in [0.15, 0.2) is 61.0 Å². The number of nitrogens with zero attached hydrogens (tertiary/aromatic N) is 2. The maximum absolute atomic E-state index is 13.1. The van der Waals surface area contributed by atoms with Gasteiger partial charge in [-0.05, 0) is 73.3 Å². The number of hydrogen-bond donors (Lipinski definition) is 4. The van der Waals surface area contributed by atoms with E-state index in [4.69, 9.17) is 4.74 Å². The summed E-state index contributed by atoms with van der Waals surface area (Å²) in [6, 6.07) is 10.2. The van der Waals surface area contributed by atoms with Gasteiger partial charge in [-0.25, -0.2) is 0 Å². The van der Waals surface area contributed by atoms with Crippen molar-refractivity contribution < 1.29 is 27.8 Å². The van der Waals surface area contributed by atoms with Crippen molar-refractivity contribution in [1.82, 2.24) is 15.3 Å². The number of aliphatic hydroxyl groups is 1. The lowest BCUT2D eigenvalue weighted by Gasteiger charge is -2.17. The van der Waals surface area contributed by atoms with Crippen LogP contribution in [0, 0.1) is 6.92 Å². The minimum atomic E-state index is -4.59. The Morgan fingerprint density at radius 3 is 2.76 bits per heavy atom. The second kappa shape index (κ2) is 11.6. The van der Waals surface area contributed by atoms with Crippen molar-refractivity contribution in [3.8, 4) is 17.0 Å². The van der Waals surface area contributed by atoms with E-state index in [1.54, 1.807) is 30.3 Å². The van der Waals surface area contributed by atoms with E-state index in [1.807, 2.05) is 6.92 Å². The van der Waals surface area contributed by atoms with Crippen LogP contribution in [-0.2, 0) is 6.18 Å². The minimum Gasteiger partial charge on any atom is -0.442 e. The normalized spacial score (nSPS) is 15.2. The maximum atomic E-state index is 13.1. The number of rotatable bonds is 9. The topological polar surface area (TPSA) is 108 Å². The van der Waals surface area contributed by atoms with Crippen molar-refractivity contribution >= 4 is 17.4 Å². The van der Waals surface area contributed by atoms with Crippen molar-refractivity contribution in [2.24, 2.45) is 0 Å². The molecule has 2 aromatic heterocycles. The van der Waals surface area contributed by atoms with Crippen LogP contribution in [0.25, 0.3) is 11.1 Å². The average Bonchev–Trinajstić information content (AvgIpc) is 3.43. The highest BCUT2D eigenvalue weighted by molar-refractivity contribution is 6.03. The first-order valence-electron chi connectivity index (χ1n) is 12.1. The number of aryl methyl sites for hydroxylation is 1. The van der Waals surface area contributed by atoms with Crippen molar-refractivity contribution in [3.05, 3.63) is 77.8 Å². The molecule has 1 saturated heterocycles. The van der Waals surface area contributed by atoms with Crippen LogP contribution >= 0.6 is 0 Å². The van der Waals surface area contributed by atoms with E-state index in [9.17, 15) is 23.1 Å². The standard InChI is InChI=1S/C27H28F3N5O3/c1-16-5-6-20(34-26(37)23-14-19(7-9-32-23)27(28,29)30)15-21(16)18-12-24(33-10-11-36)35-25(13-18)38-17(2)22-4-3-8-31-22/h5-7,9,12-15,22,31,36H,2-4,8,10-11H2,1H3,(H,33,35)(H,34,37)/t22-/m1/s1. The fourth-order valence-corrected chi connectivity index (χ4v) is 4.09.